The van der Waals surface area contributed by atoms with Gasteiger partial charge in [-0.2, -0.15) is 0 Å². The third kappa shape index (κ3) is 3.00. The normalized spacial score (nSPS) is 13.7. The highest BCUT2D eigenvalue weighted by molar-refractivity contribution is 6.08. The van der Waals surface area contributed by atoms with Crippen molar-refractivity contribution in [3.63, 3.8) is 0 Å². The summed E-state index contributed by atoms with van der Waals surface area (Å²) in [6.07, 6.45) is 3.82. The molecule has 0 spiro atoms. The maximum absolute atomic E-state index is 5.07. The summed E-state index contributed by atoms with van der Waals surface area (Å²) in [5.41, 5.74) is 6.32. The lowest BCUT2D eigenvalue weighted by molar-refractivity contribution is 0.631. The Hall–Kier alpha value is -4.44. The molecule has 4 heteroatoms. The molecule has 166 valence electrons. The van der Waals surface area contributed by atoms with E-state index >= 15 is 0 Å². The monoisotopic (exact) mass is 450 g/mol. The Balaban J connectivity index is 1.41. The molecule has 0 saturated carbocycles. The van der Waals surface area contributed by atoms with Crippen LogP contribution in [0.5, 0.6) is 0 Å². The minimum absolute atomic E-state index is 0.301. The molecule has 0 amide bonds. The van der Waals surface area contributed by atoms with Crippen LogP contribution in [0.2, 0.25) is 0 Å². The Morgan fingerprint density at radius 1 is 0.600 bits per heavy atom. The molecule has 0 N–H and O–H groups in total. The fraction of sp³-hybridized carbons (Fsp3) is 0.0968. The summed E-state index contributed by atoms with van der Waals surface area (Å²) in [6.45, 7) is 4.33. The highest BCUT2D eigenvalue weighted by Gasteiger charge is 2.40. The van der Waals surface area contributed by atoms with Crippen molar-refractivity contribution < 1.29 is 0 Å². The van der Waals surface area contributed by atoms with Crippen LogP contribution >= 0.6 is 0 Å². The maximum Gasteiger partial charge on any atom is 0.159 e. The van der Waals surface area contributed by atoms with Crippen molar-refractivity contribution >= 4 is 21.5 Å². The van der Waals surface area contributed by atoms with Crippen LogP contribution in [0.15, 0.2) is 97.3 Å². The van der Waals surface area contributed by atoms with Gasteiger partial charge >= 0.3 is 0 Å². The molecular formula is C31H22N4. The summed E-state index contributed by atoms with van der Waals surface area (Å²) in [7, 11) is 0. The van der Waals surface area contributed by atoms with Crippen LogP contribution in [0, 0.1) is 0 Å². The van der Waals surface area contributed by atoms with Gasteiger partial charge in [0.2, 0.25) is 0 Å². The Morgan fingerprint density at radius 2 is 1.34 bits per heavy atom. The Morgan fingerprint density at radius 3 is 2.20 bits per heavy atom. The molecule has 6 aromatic rings. The Kier molecular flexibility index (Phi) is 4.15. The molecule has 4 nitrogen and oxygen atoms in total. The fourth-order valence-electron chi connectivity index (χ4n) is 5.19. The number of hydrogen-bond donors (Lipinski definition) is 0. The van der Waals surface area contributed by atoms with Crippen LogP contribution in [0.3, 0.4) is 0 Å². The molecule has 1 aliphatic rings. The fourth-order valence-corrected chi connectivity index (χ4v) is 5.19. The van der Waals surface area contributed by atoms with Crippen molar-refractivity contribution in [1.82, 2.24) is 19.9 Å². The SMILES string of the molecule is CC1(C)c2cnc(-c3ccc4ccc5ccccc5c4c3)nc2-c2nc(-c3ccccc3)cnc21. The second kappa shape index (κ2) is 7.28. The van der Waals surface area contributed by atoms with E-state index in [1.54, 1.807) is 0 Å². The Bertz CT molecular complexity index is 1770. The van der Waals surface area contributed by atoms with Crippen molar-refractivity contribution in [1.29, 1.82) is 0 Å². The van der Waals surface area contributed by atoms with E-state index in [-0.39, 0.29) is 5.41 Å². The van der Waals surface area contributed by atoms with E-state index in [2.05, 4.69) is 80.6 Å². The molecule has 0 unspecified atom stereocenters. The van der Waals surface area contributed by atoms with Gasteiger partial charge in [0.05, 0.1) is 23.3 Å². The first-order chi connectivity index (χ1) is 17.1. The number of benzene rings is 4. The van der Waals surface area contributed by atoms with Crippen molar-refractivity contribution in [2.75, 3.05) is 0 Å². The first kappa shape index (κ1) is 20.0. The van der Waals surface area contributed by atoms with Crippen molar-refractivity contribution in [3.05, 3.63) is 109 Å². The van der Waals surface area contributed by atoms with Gasteiger partial charge in [-0.15, -0.1) is 0 Å². The molecule has 2 aromatic heterocycles. The van der Waals surface area contributed by atoms with Crippen LogP contribution in [0.4, 0.5) is 0 Å². The summed E-state index contributed by atoms with van der Waals surface area (Å²) < 4.78 is 0. The summed E-state index contributed by atoms with van der Waals surface area (Å²) in [6, 6.07) is 29.4. The van der Waals surface area contributed by atoms with Gasteiger partial charge in [-0.05, 0) is 41.5 Å². The maximum atomic E-state index is 5.07. The molecule has 1 aliphatic carbocycles. The van der Waals surface area contributed by atoms with Gasteiger partial charge in [0.1, 0.15) is 5.69 Å². The average molecular weight is 451 g/mol. The Labute approximate surface area is 203 Å². The molecule has 0 saturated heterocycles. The third-order valence-electron chi connectivity index (χ3n) is 7.13. The molecule has 2 heterocycles. The number of hydrogen-bond acceptors (Lipinski definition) is 4. The quantitative estimate of drug-likeness (QED) is 0.262. The molecule has 0 aliphatic heterocycles. The van der Waals surface area contributed by atoms with E-state index in [0.717, 1.165) is 39.5 Å². The summed E-state index contributed by atoms with van der Waals surface area (Å²) >= 11 is 0. The first-order valence-corrected chi connectivity index (χ1v) is 11.8. The van der Waals surface area contributed by atoms with Gasteiger partial charge in [0.15, 0.2) is 5.82 Å². The number of fused-ring (bicyclic) bond motifs is 6. The van der Waals surface area contributed by atoms with Crippen LogP contribution in [0.25, 0.3) is 55.6 Å². The van der Waals surface area contributed by atoms with Crippen LogP contribution in [-0.4, -0.2) is 19.9 Å². The summed E-state index contributed by atoms with van der Waals surface area (Å²) in [4.78, 5) is 19.8. The predicted molar refractivity (Wildman–Crippen MR) is 141 cm³/mol. The van der Waals surface area contributed by atoms with E-state index in [9.17, 15) is 0 Å². The molecule has 4 aromatic carbocycles. The lowest BCUT2D eigenvalue weighted by atomic mass is 9.87. The minimum atomic E-state index is -0.301. The van der Waals surface area contributed by atoms with Crippen molar-refractivity contribution in [2.45, 2.75) is 19.3 Å². The molecule has 0 bridgehead atoms. The second-order valence-electron chi connectivity index (χ2n) is 9.62. The van der Waals surface area contributed by atoms with Crippen molar-refractivity contribution in [2.24, 2.45) is 0 Å². The standard InChI is InChI=1S/C31H22N4/c1-31(2)25-17-33-30(22-15-14-20-13-12-19-8-6-7-11-23(19)24(20)16-22)35-27(25)28-29(31)32-18-26(34-28)21-9-4-3-5-10-21/h3-18H,1-2H3. The molecule has 7 rings (SSSR count). The zero-order chi connectivity index (χ0) is 23.6. The topological polar surface area (TPSA) is 51.6 Å². The van der Waals surface area contributed by atoms with E-state index in [1.165, 1.54) is 21.5 Å². The number of rotatable bonds is 2. The largest absolute Gasteiger partial charge is 0.256 e. The zero-order valence-electron chi connectivity index (χ0n) is 19.5. The highest BCUT2D eigenvalue weighted by atomic mass is 15.0. The van der Waals surface area contributed by atoms with E-state index in [1.807, 2.05) is 30.6 Å². The van der Waals surface area contributed by atoms with Gasteiger partial charge in [0.25, 0.3) is 0 Å². The van der Waals surface area contributed by atoms with E-state index in [4.69, 9.17) is 19.9 Å². The molecule has 0 radical (unpaired) electrons. The minimum Gasteiger partial charge on any atom is -0.256 e. The molecule has 0 atom stereocenters. The van der Waals surface area contributed by atoms with Gasteiger partial charge in [-0.25, -0.2) is 15.0 Å². The predicted octanol–water partition coefficient (Wildman–Crippen LogP) is 7.21. The van der Waals surface area contributed by atoms with Gasteiger partial charge < -0.3 is 0 Å². The van der Waals surface area contributed by atoms with E-state index < -0.39 is 0 Å². The molecular weight excluding hydrogens is 428 g/mol. The summed E-state index contributed by atoms with van der Waals surface area (Å²) in [5, 5.41) is 4.87. The average Bonchev–Trinajstić information content (AvgIpc) is 3.14. The number of nitrogens with zero attached hydrogens (tertiary/aromatic N) is 4. The molecule has 35 heavy (non-hydrogen) atoms. The number of aromatic nitrogens is 4. The first-order valence-electron chi connectivity index (χ1n) is 11.8. The van der Waals surface area contributed by atoms with Crippen LogP contribution in [0.1, 0.15) is 25.1 Å². The van der Waals surface area contributed by atoms with Crippen LogP contribution < -0.4 is 0 Å². The highest BCUT2D eigenvalue weighted by Crippen LogP contribution is 2.46. The zero-order valence-corrected chi connectivity index (χ0v) is 19.5. The molecule has 0 fully saturated rings. The lowest BCUT2D eigenvalue weighted by Gasteiger charge is -2.19. The third-order valence-corrected chi connectivity index (χ3v) is 7.13. The van der Waals surface area contributed by atoms with E-state index in [0.29, 0.717) is 5.82 Å². The summed E-state index contributed by atoms with van der Waals surface area (Å²) in [5.74, 6) is 0.703. The van der Waals surface area contributed by atoms with Gasteiger partial charge in [-0.3, -0.25) is 4.98 Å². The van der Waals surface area contributed by atoms with Gasteiger partial charge in [0, 0.05) is 28.3 Å². The van der Waals surface area contributed by atoms with Crippen LogP contribution in [-0.2, 0) is 5.41 Å². The van der Waals surface area contributed by atoms with Crippen molar-refractivity contribution in [3.8, 4) is 34.0 Å². The lowest BCUT2D eigenvalue weighted by Crippen LogP contribution is -2.17. The smallest absolute Gasteiger partial charge is 0.159 e. The van der Waals surface area contributed by atoms with Gasteiger partial charge in [-0.1, -0.05) is 78.9 Å². The second-order valence-corrected chi connectivity index (χ2v) is 9.62.